The van der Waals surface area contributed by atoms with Crippen LogP contribution in [0.4, 0.5) is 0 Å². The third-order valence-electron chi connectivity index (χ3n) is 5.73. The number of nitrogens with zero attached hydrogens (tertiary/aromatic N) is 2. The summed E-state index contributed by atoms with van der Waals surface area (Å²) in [7, 11) is 3.46. The largest absolute Gasteiger partial charge is 0.496 e. The summed E-state index contributed by atoms with van der Waals surface area (Å²) >= 11 is 6.15. The van der Waals surface area contributed by atoms with Gasteiger partial charge in [0.05, 0.1) is 24.9 Å². The number of carbonyl (C=O) groups is 1. The summed E-state index contributed by atoms with van der Waals surface area (Å²) in [5, 5.41) is 11.6. The van der Waals surface area contributed by atoms with Gasteiger partial charge in [-0.05, 0) is 54.8 Å². The second kappa shape index (κ2) is 9.54. The highest BCUT2D eigenvalue weighted by molar-refractivity contribution is 6.31. The first-order valence-corrected chi connectivity index (χ1v) is 10.9. The van der Waals surface area contributed by atoms with Crippen LogP contribution in [-0.2, 0) is 7.05 Å². The van der Waals surface area contributed by atoms with Crippen molar-refractivity contribution in [3.05, 3.63) is 71.0 Å². The molecular formula is C24H27ClN4O2. The number of rotatable bonds is 6. The number of aryl methyl sites for hydroxylation is 1. The molecule has 31 heavy (non-hydrogen) atoms. The Kier molecular flexibility index (Phi) is 6.59. The number of halogens is 1. The van der Waals surface area contributed by atoms with Crippen LogP contribution in [-0.4, -0.2) is 35.4 Å². The fraction of sp³-hybridized carbons (Fsp3) is 0.333. The second-order valence-electron chi connectivity index (χ2n) is 7.88. The van der Waals surface area contributed by atoms with E-state index in [2.05, 4.69) is 33.9 Å². The highest BCUT2D eigenvalue weighted by Crippen LogP contribution is 2.29. The number of piperidine rings is 1. The summed E-state index contributed by atoms with van der Waals surface area (Å²) in [6, 6.07) is 13.3. The Bertz CT molecular complexity index is 1060. The lowest BCUT2D eigenvalue weighted by Crippen LogP contribution is -2.46. The van der Waals surface area contributed by atoms with Crippen molar-refractivity contribution in [2.45, 2.75) is 31.3 Å². The number of amides is 1. The van der Waals surface area contributed by atoms with Gasteiger partial charge in [-0.3, -0.25) is 9.48 Å². The molecule has 1 fully saturated rings. The number of ether oxygens (including phenoxy) is 1. The van der Waals surface area contributed by atoms with Crippen LogP contribution in [0.15, 0.2) is 54.9 Å². The average molecular weight is 439 g/mol. The molecular weight excluding hydrogens is 412 g/mol. The van der Waals surface area contributed by atoms with Crippen molar-refractivity contribution >= 4 is 17.5 Å². The quantitative estimate of drug-likeness (QED) is 0.600. The van der Waals surface area contributed by atoms with E-state index in [1.165, 1.54) is 0 Å². The zero-order valence-corrected chi connectivity index (χ0v) is 18.5. The van der Waals surface area contributed by atoms with Crippen molar-refractivity contribution in [1.29, 1.82) is 0 Å². The summed E-state index contributed by atoms with van der Waals surface area (Å²) in [6.45, 7) is 0.944. The molecule has 1 amide bonds. The molecule has 0 spiro atoms. The number of hydrogen-bond acceptors (Lipinski definition) is 4. The summed E-state index contributed by atoms with van der Waals surface area (Å²) < 4.78 is 7.18. The average Bonchev–Trinajstić information content (AvgIpc) is 3.24. The number of nitrogens with one attached hydrogen (secondary N) is 2. The van der Waals surface area contributed by atoms with Crippen LogP contribution < -0.4 is 15.4 Å². The summed E-state index contributed by atoms with van der Waals surface area (Å²) in [5.41, 5.74) is 3.60. The van der Waals surface area contributed by atoms with Crippen LogP contribution in [0.5, 0.6) is 5.75 Å². The van der Waals surface area contributed by atoms with Crippen molar-refractivity contribution in [2.75, 3.05) is 13.7 Å². The first kappa shape index (κ1) is 21.4. The van der Waals surface area contributed by atoms with Gasteiger partial charge in [-0.25, -0.2) is 0 Å². The first-order valence-electron chi connectivity index (χ1n) is 10.5. The molecule has 2 aromatic carbocycles. The fourth-order valence-corrected chi connectivity index (χ4v) is 4.31. The molecule has 0 saturated carbocycles. The first-order chi connectivity index (χ1) is 15.0. The van der Waals surface area contributed by atoms with E-state index in [1.54, 1.807) is 30.0 Å². The van der Waals surface area contributed by atoms with Crippen LogP contribution in [0.3, 0.4) is 0 Å². The lowest BCUT2D eigenvalue weighted by molar-refractivity contribution is 0.0919. The molecule has 1 aromatic heterocycles. The maximum atomic E-state index is 13.3. The molecule has 1 aliphatic heterocycles. The van der Waals surface area contributed by atoms with Gasteiger partial charge in [0.1, 0.15) is 5.75 Å². The van der Waals surface area contributed by atoms with Crippen molar-refractivity contribution in [3.8, 4) is 16.9 Å². The van der Waals surface area contributed by atoms with Gasteiger partial charge in [0.15, 0.2) is 0 Å². The van der Waals surface area contributed by atoms with E-state index in [-0.39, 0.29) is 18.0 Å². The molecule has 1 saturated heterocycles. The Labute approximate surface area is 187 Å². The third kappa shape index (κ3) is 4.92. The van der Waals surface area contributed by atoms with Gasteiger partial charge >= 0.3 is 0 Å². The predicted molar refractivity (Wildman–Crippen MR) is 122 cm³/mol. The monoisotopic (exact) mass is 438 g/mol. The van der Waals surface area contributed by atoms with Gasteiger partial charge in [-0.1, -0.05) is 36.2 Å². The Morgan fingerprint density at radius 2 is 2.13 bits per heavy atom. The van der Waals surface area contributed by atoms with E-state index < -0.39 is 0 Å². The highest BCUT2D eigenvalue weighted by atomic mass is 35.5. The van der Waals surface area contributed by atoms with E-state index >= 15 is 0 Å². The van der Waals surface area contributed by atoms with Crippen LogP contribution in [0.25, 0.3) is 11.1 Å². The molecule has 0 radical (unpaired) electrons. The Hall–Kier alpha value is -2.83. The molecule has 7 heteroatoms. The molecule has 3 aromatic rings. The molecule has 2 N–H and O–H groups in total. The molecule has 0 bridgehead atoms. The number of carbonyl (C=O) groups excluding carboxylic acids is 1. The van der Waals surface area contributed by atoms with E-state index in [1.807, 2.05) is 25.5 Å². The van der Waals surface area contributed by atoms with Gasteiger partial charge in [-0.2, -0.15) is 5.10 Å². The normalized spacial score (nSPS) is 17.2. The van der Waals surface area contributed by atoms with Crippen LogP contribution in [0.2, 0.25) is 5.02 Å². The molecule has 1 aliphatic rings. The van der Waals surface area contributed by atoms with E-state index in [4.69, 9.17) is 16.3 Å². The van der Waals surface area contributed by atoms with E-state index in [0.717, 1.165) is 42.5 Å². The standard InChI is InChI=1S/C24H27ClN4O2/c1-29-15-18(14-27-29)16-6-5-7-17(12-16)23(21-8-3-4-11-26-21)28-24(30)20-13-19(25)9-10-22(20)31-2/h5-7,9-10,12-15,21,23,26H,3-4,8,11H2,1-2H3,(H,28,30)/t21-,23-/m0/s1. The van der Waals surface area contributed by atoms with Crippen LogP contribution >= 0.6 is 11.6 Å². The molecule has 6 nitrogen and oxygen atoms in total. The van der Waals surface area contributed by atoms with Gasteiger partial charge in [0.2, 0.25) is 0 Å². The van der Waals surface area contributed by atoms with Crippen LogP contribution in [0.1, 0.15) is 41.2 Å². The smallest absolute Gasteiger partial charge is 0.255 e. The van der Waals surface area contributed by atoms with Crippen LogP contribution in [0, 0.1) is 0 Å². The molecule has 0 aliphatic carbocycles. The SMILES string of the molecule is COc1ccc(Cl)cc1C(=O)N[C@@H](c1cccc(-c2cnn(C)c2)c1)[C@@H]1CCCCN1. The maximum absolute atomic E-state index is 13.3. The highest BCUT2D eigenvalue weighted by Gasteiger charge is 2.28. The van der Waals surface area contributed by atoms with Gasteiger partial charge in [0.25, 0.3) is 5.91 Å². The number of aromatic nitrogens is 2. The van der Waals surface area contributed by atoms with Gasteiger partial charge in [-0.15, -0.1) is 0 Å². The predicted octanol–water partition coefficient (Wildman–Crippen LogP) is 4.36. The number of benzene rings is 2. The molecule has 0 unspecified atom stereocenters. The van der Waals surface area contributed by atoms with Crippen molar-refractivity contribution < 1.29 is 9.53 Å². The van der Waals surface area contributed by atoms with Gasteiger partial charge < -0.3 is 15.4 Å². The minimum absolute atomic E-state index is 0.145. The van der Waals surface area contributed by atoms with Gasteiger partial charge in [0, 0.05) is 29.9 Å². The summed E-state index contributed by atoms with van der Waals surface area (Å²) in [4.78, 5) is 13.3. The van der Waals surface area contributed by atoms with E-state index in [0.29, 0.717) is 16.3 Å². The lowest BCUT2D eigenvalue weighted by atomic mass is 9.91. The minimum Gasteiger partial charge on any atom is -0.496 e. The van der Waals surface area contributed by atoms with Crippen molar-refractivity contribution in [3.63, 3.8) is 0 Å². The summed E-state index contributed by atoms with van der Waals surface area (Å²) in [6.07, 6.45) is 7.11. The minimum atomic E-state index is -0.205. The molecule has 162 valence electrons. The Morgan fingerprint density at radius 3 is 2.84 bits per heavy atom. The topological polar surface area (TPSA) is 68.2 Å². The number of hydrogen-bond donors (Lipinski definition) is 2. The maximum Gasteiger partial charge on any atom is 0.255 e. The zero-order chi connectivity index (χ0) is 21.8. The Balaban J connectivity index is 1.67. The van der Waals surface area contributed by atoms with E-state index in [9.17, 15) is 4.79 Å². The zero-order valence-electron chi connectivity index (χ0n) is 17.8. The third-order valence-corrected chi connectivity index (χ3v) is 5.96. The van der Waals surface area contributed by atoms with Crippen molar-refractivity contribution in [2.24, 2.45) is 7.05 Å². The molecule has 2 atom stereocenters. The van der Waals surface area contributed by atoms with Crippen molar-refractivity contribution in [1.82, 2.24) is 20.4 Å². The summed E-state index contributed by atoms with van der Waals surface area (Å²) in [5.74, 6) is 0.296. The lowest BCUT2D eigenvalue weighted by Gasteiger charge is -2.32. The second-order valence-corrected chi connectivity index (χ2v) is 8.32. The fourth-order valence-electron chi connectivity index (χ4n) is 4.14. The molecule has 4 rings (SSSR count). The molecule has 2 heterocycles. The Morgan fingerprint density at radius 1 is 1.26 bits per heavy atom. The number of methoxy groups -OCH3 is 1.